The second-order valence-electron chi connectivity index (χ2n) is 20.4. The fourth-order valence-electron chi connectivity index (χ4n) is 12.7. The lowest BCUT2D eigenvalue weighted by molar-refractivity contribution is 1.14. The molecular weight excluding hydrogens is 1010 g/mol. The Morgan fingerprint density at radius 3 is 1.41 bits per heavy atom. The summed E-state index contributed by atoms with van der Waals surface area (Å²) in [4.78, 5) is 4.66. The molecule has 4 nitrogen and oxygen atoms in total. The van der Waals surface area contributed by atoms with Crippen molar-refractivity contribution >= 4 is 112 Å². The van der Waals surface area contributed by atoms with Gasteiger partial charge in [0.1, 0.15) is 6.07 Å². The van der Waals surface area contributed by atoms with Crippen LogP contribution in [0.4, 0.5) is 5.69 Å². The van der Waals surface area contributed by atoms with Crippen molar-refractivity contribution in [2.24, 2.45) is 0 Å². The van der Waals surface area contributed by atoms with E-state index in [0.29, 0.717) is 22.5 Å². The number of nitrogens with zero attached hydrogens (tertiary/aromatic N) is 4. The topological polar surface area (TPSA) is 38.0 Å². The summed E-state index contributed by atoms with van der Waals surface area (Å²) in [6, 6.07) is 93.4. The molecule has 0 unspecified atom stereocenters. The van der Waals surface area contributed by atoms with E-state index in [4.69, 9.17) is 0 Å². The Kier molecular flexibility index (Phi) is 10.4. The predicted octanol–water partition coefficient (Wildman–Crippen LogP) is 21.4. The Morgan fingerprint density at radius 1 is 0.362 bits per heavy atom. The van der Waals surface area contributed by atoms with Crippen molar-refractivity contribution < 1.29 is 0 Å². The molecule has 0 radical (unpaired) electrons. The number of benzene rings is 12. The number of nitriles is 1. The van der Waals surface area contributed by atoms with Gasteiger partial charge in [-0.2, -0.15) is 5.26 Å². The van der Waals surface area contributed by atoms with Gasteiger partial charge in [-0.15, -0.1) is 22.7 Å². The molecule has 12 aromatic carbocycles. The average molecular weight is 1050 g/mol. The van der Waals surface area contributed by atoms with Crippen molar-refractivity contribution in [1.29, 1.82) is 5.26 Å². The smallest absolute Gasteiger partial charge is 0.220 e. The first-order chi connectivity index (χ1) is 39.6. The van der Waals surface area contributed by atoms with E-state index in [1.165, 1.54) is 25.7 Å². The first-order valence-corrected chi connectivity index (χ1v) is 28.4. The highest BCUT2D eigenvalue weighted by Gasteiger charge is 2.33. The zero-order chi connectivity index (χ0) is 53.0. The Hall–Kier alpha value is -10.3. The highest BCUT2D eigenvalue weighted by molar-refractivity contribution is 7.27. The van der Waals surface area contributed by atoms with Gasteiger partial charge in [0, 0.05) is 63.6 Å². The molecule has 0 aliphatic carbocycles. The van der Waals surface area contributed by atoms with Crippen LogP contribution in [0.2, 0.25) is 0 Å². The van der Waals surface area contributed by atoms with Gasteiger partial charge in [-0.3, -0.25) is 0 Å². The van der Waals surface area contributed by atoms with Gasteiger partial charge in [0.05, 0.1) is 55.0 Å². The molecule has 4 aromatic heterocycles. The molecule has 6 heteroatoms. The first kappa shape index (κ1) is 45.8. The van der Waals surface area contributed by atoms with Gasteiger partial charge < -0.3 is 9.13 Å². The zero-order valence-electron chi connectivity index (χ0n) is 42.9. The molecule has 0 fully saturated rings. The van der Waals surface area contributed by atoms with Crippen LogP contribution in [0.1, 0.15) is 5.56 Å². The molecule has 0 atom stereocenters. The lowest BCUT2D eigenvalue weighted by atomic mass is 9.88. The summed E-state index contributed by atoms with van der Waals surface area (Å²) >= 11 is 3.61. The zero-order valence-corrected chi connectivity index (χ0v) is 44.5. The quantitative estimate of drug-likeness (QED) is 0.147. The van der Waals surface area contributed by atoms with Gasteiger partial charge >= 0.3 is 0 Å². The van der Waals surface area contributed by atoms with Gasteiger partial charge in [0.25, 0.3) is 0 Å². The second kappa shape index (κ2) is 18.1. The van der Waals surface area contributed by atoms with Crippen LogP contribution in [0.25, 0.3) is 156 Å². The van der Waals surface area contributed by atoms with Crippen LogP contribution in [-0.4, -0.2) is 9.13 Å². The Bertz CT molecular complexity index is 5190. The molecule has 0 aliphatic heterocycles. The van der Waals surface area contributed by atoms with Crippen LogP contribution in [-0.2, 0) is 0 Å². The van der Waals surface area contributed by atoms with Gasteiger partial charge in [-0.1, -0.05) is 218 Å². The maximum absolute atomic E-state index is 12.4. The lowest BCUT2D eigenvalue weighted by Crippen LogP contribution is -2.09. The van der Waals surface area contributed by atoms with E-state index in [1.54, 1.807) is 11.3 Å². The van der Waals surface area contributed by atoms with Crippen LogP contribution in [0.3, 0.4) is 0 Å². The van der Waals surface area contributed by atoms with E-state index < -0.39 is 0 Å². The molecule has 0 aliphatic rings. The summed E-state index contributed by atoms with van der Waals surface area (Å²) in [5, 5.41) is 21.4. The summed E-state index contributed by atoms with van der Waals surface area (Å²) in [5.41, 5.74) is 16.1. The highest BCUT2D eigenvalue weighted by Crippen LogP contribution is 2.55. The maximum Gasteiger partial charge on any atom is 0.220 e. The molecule has 16 aromatic rings. The van der Waals surface area contributed by atoms with E-state index in [0.717, 1.165) is 114 Å². The Morgan fingerprint density at radius 2 is 0.838 bits per heavy atom. The number of aromatic nitrogens is 2. The molecule has 16 rings (SSSR count). The van der Waals surface area contributed by atoms with Crippen molar-refractivity contribution in [3.8, 4) is 73.1 Å². The van der Waals surface area contributed by atoms with Crippen LogP contribution in [0, 0.1) is 17.9 Å². The Balaban J connectivity index is 1.16. The molecule has 0 saturated heterocycles. The molecule has 0 amide bonds. The number of hydrogen-bond acceptors (Lipinski definition) is 3. The highest BCUT2D eigenvalue weighted by atomic mass is 32.1. The summed E-state index contributed by atoms with van der Waals surface area (Å²) in [5.74, 6) is 0. The molecule has 4 heterocycles. The number of rotatable bonds is 7. The van der Waals surface area contributed by atoms with Crippen molar-refractivity contribution in [2.75, 3.05) is 0 Å². The van der Waals surface area contributed by atoms with Crippen LogP contribution >= 0.6 is 22.7 Å². The fourth-order valence-corrected chi connectivity index (χ4v) is 15.2. The van der Waals surface area contributed by atoms with E-state index in [-0.39, 0.29) is 0 Å². The van der Waals surface area contributed by atoms with Gasteiger partial charge in [-0.25, -0.2) is 4.85 Å². The average Bonchev–Trinajstić information content (AvgIpc) is 4.39. The molecule has 370 valence electrons. The normalized spacial score (nSPS) is 11.7. The predicted molar refractivity (Wildman–Crippen MR) is 339 cm³/mol. The van der Waals surface area contributed by atoms with Gasteiger partial charge in [0.2, 0.25) is 5.69 Å². The molecule has 0 saturated carbocycles. The largest absolute Gasteiger partial charge is 0.318 e. The van der Waals surface area contributed by atoms with E-state index >= 15 is 0 Å². The molecule has 0 bridgehead atoms. The third-order valence-electron chi connectivity index (χ3n) is 16.2. The van der Waals surface area contributed by atoms with Crippen molar-refractivity contribution in [3.63, 3.8) is 0 Å². The molecule has 0 N–H and O–H groups in total. The van der Waals surface area contributed by atoms with Gasteiger partial charge in [-0.05, 0) is 80.9 Å². The summed E-state index contributed by atoms with van der Waals surface area (Å²) in [7, 11) is 0. The SMILES string of the molecule is [C-]#[N+]c1c(-c2ccccc2)c(C#N)c(-n2c3c(ccc4c5ccccc5sc43)c3ccc4c(sc5cccc(-c6ccccc6)c54)c32)c(-c2ccccc2)c1-n1c2ccc(-c3ccccc3)cc2c2cc(-c3ccccc3)ccc21. The summed E-state index contributed by atoms with van der Waals surface area (Å²) < 4.78 is 9.44. The minimum Gasteiger partial charge on any atom is -0.318 e. The summed E-state index contributed by atoms with van der Waals surface area (Å²) in [6.07, 6.45) is 0. The maximum atomic E-state index is 12.4. The first-order valence-electron chi connectivity index (χ1n) is 26.8. The van der Waals surface area contributed by atoms with Crippen molar-refractivity contribution in [2.45, 2.75) is 0 Å². The van der Waals surface area contributed by atoms with Crippen molar-refractivity contribution in [1.82, 2.24) is 9.13 Å². The summed E-state index contributed by atoms with van der Waals surface area (Å²) in [6.45, 7) is 9.55. The van der Waals surface area contributed by atoms with E-state index in [1.807, 2.05) is 35.6 Å². The monoisotopic (exact) mass is 1050 g/mol. The number of thiophene rings is 2. The Labute approximate surface area is 468 Å². The molecule has 80 heavy (non-hydrogen) atoms. The van der Waals surface area contributed by atoms with Crippen LogP contribution in [0.15, 0.2) is 255 Å². The van der Waals surface area contributed by atoms with Crippen LogP contribution in [0.5, 0.6) is 0 Å². The van der Waals surface area contributed by atoms with Crippen molar-refractivity contribution in [3.05, 3.63) is 272 Å². The van der Waals surface area contributed by atoms with E-state index in [9.17, 15) is 11.8 Å². The lowest BCUT2D eigenvalue weighted by Gasteiger charge is -2.26. The third kappa shape index (κ3) is 6.77. The standard InChI is InChI=1S/C74H42N4S2/c1-76-68-65(48-26-13-5-14-27-48)60(44-75)69(66(49-28-15-6-16-29-49)72(68)77-61-40-34-50(45-20-7-2-8-21-45)42-58(61)59-43-51(35-41-62(59)77)46-22-9-3-10-23-46)78-70-54(36-38-56-53-30-17-18-32-63(53)79-73(56)70)55-37-39-57-67-52(47-24-11-4-12-25-47)31-19-33-64(67)80-74(57)71(55)78/h2-43H. The number of hydrogen-bond donors (Lipinski definition) is 0. The molecular formula is C74H42N4S2. The van der Waals surface area contributed by atoms with Gasteiger partial charge in [0.15, 0.2) is 0 Å². The number of fused-ring (bicyclic) bond motifs is 14. The minimum absolute atomic E-state index is 0.403. The third-order valence-corrected chi connectivity index (χ3v) is 18.5. The second-order valence-corrected chi connectivity index (χ2v) is 22.5. The van der Waals surface area contributed by atoms with E-state index in [2.05, 4.69) is 251 Å². The fraction of sp³-hybridized carbons (Fsp3) is 0. The minimum atomic E-state index is 0.403. The molecule has 0 spiro atoms. The van der Waals surface area contributed by atoms with Crippen LogP contribution < -0.4 is 0 Å².